The molecule has 2 nitrogen and oxygen atoms in total. The van der Waals surface area contributed by atoms with Gasteiger partial charge in [-0.25, -0.2) is 0 Å². The van der Waals surface area contributed by atoms with Crippen molar-refractivity contribution in [1.82, 2.24) is 0 Å². The standard InChI is InChI=1S/C25H29NO/c1-21-10-9-14-25(20-21)26(23-12-6-4-7-13-23)24-17-15-22(16-18-24)11-5-2-3-8-19-27/h4,6-7,9-10,12-18,20,27H,2-3,5,8,11,19H2,1H3. The van der Waals surface area contributed by atoms with E-state index in [0.717, 1.165) is 19.3 Å². The first kappa shape index (κ1) is 19.2. The molecule has 2 heteroatoms. The van der Waals surface area contributed by atoms with Gasteiger partial charge in [0.15, 0.2) is 0 Å². The second-order valence-electron chi connectivity index (χ2n) is 7.06. The van der Waals surface area contributed by atoms with Crippen LogP contribution in [0.1, 0.15) is 36.8 Å². The molecule has 0 aliphatic heterocycles. The van der Waals surface area contributed by atoms with Gasteiger partial charge in [-0.15, -0.1) is 0 Å². The first-order valence-corrected chi connectivity index (χ1v) is 9.89. The van der Waals surface area contributed by atoms with Crippen LogP contribution in [0.4, 0.5) is 17.1 Å². The minimum Gasteiger partial charge on any atom is -0.396 e. The van der Waals surface area contributed by atoms with E-state index in [4.69, 9.17) is 5.11 Å². The molecule has 0 radical (unpaired) electrons. The number of hydrogen-bond donors (Lipinski definition) is 1. The van der Waals surface area contributed by atoms with Gasteiger partial charge < -0.3 is 10.0 Å². The second kappa shape index (κ2) is 9.94. The lowest BCUT2D eigenvalue weighted by atomic mass is 10.1. The van der Waals surface area contributed by atoms with E-state index in [-0.39, 0.29) is 0 Å². The first-order chi connectivity index (χ1) is 13.3. The Balaban J connectivity index is 1.79. The minimum atomic E-state index is 0.309. The predicted molar refractivity (Wildman–Crippen MR) is 115 cm³/mol. The number of unbranched alkanes of at least 4 members (excludes halogenated alkanes) is 3. The molecule has 1 N–H and O–H groups in total. The molecule has 140 valence electrons. The number of anilines is 3. The molecule has 0 saturated carbocycles. The number of aliphatic hydroxyl groups excluding tert-OH is 1. The molecule has 0 spiro atoms. The molecule has 3 rings (SSSR count). The zero-order valence-electron chi connectivity index (χ0n) is 16.1. The summed E-state index contributed by atoms with van der Waals surface area (Å²) in [5.74, 6) is 0. The van der Waals surface area contributed by atoms with Gasteiger partial charge in [0.2, 0.25) is 0 Å². The number of aryl methyl sites for hydroxylation is 2. The molecule has 0 amide bonds. The Morgan fingerprint density at radius 1 is 0.667 bits per heavy atom. The summed E-state index contributed by atoms with van der Waals surface area (Å²) in [7, 11) is 0. The summed E-state index contributed by atoms with van der Waals surface area (Å²) in [6, 6.07) is 28.1. The number of rotatable bonds is 9. The fraction of sp³-hybridized carbons (Fsp3) is 0.280. The number of nitrogens with zero attached hydrogens (tertiary/aromatic N) is 1. The topological polar surface area (TPSA) is 23.5 Å². The van der Waals surface area contributed by atoms with E-state index in [1.165, 1.54) is 41.0 Å². The van der Waals surface area contributed by atoms with Gasteiger partial charge >= 0.3 is 0 Å². The highest BCUT2D eigenvalue weighted by Crippen LogP contribution is 2.34. The molecule has 0 bridgehead atoms. The largest absolute Gasteiger partial charge is 0.396 e. The molecule has 27 heavy (non-hydrogen) atoms. The van der Waals surface area contributed by atoms with Crippen LogP contribution in [-0.4, -0.2) is 11.7 Å². The number of para-hydroxylation sites is 1. The van der Waals surface area contributed by atoms with Gasteiger partial charge in [-0.1, -0.05) is 55.3 Å². The Hall–Kier alpha value is -2.58. The molecular weight excluding hydrogens is 330 g/mol. The summed E-state index contributed by atoms with van der Waals surface area (Å²) in [4.78, 5) is 2.30. The SMILES string of the molecule is Cc1cccc(N(c2ccccc2)c2ccc(CCCCCCO)cc2)c1. The van der Waals surface area contributed by atoms with Crippen LogP contribution in [0.25, 0.3) is 0 Å². The van der Waals surface area contributed by atoms with Gasteiger partial charge in [0, 0.05) is 23.7 Å². The van der Waals surface area contributed by atoms with E-state index in [1.54, 1.807) is 0 Å². The van der Waals surface area contributed by atoms with Crippen molar-refractivity contribution in [1.29, 1.82) is 0 Å². The Labute approximate surface area is 163 Å². The molecule has 0 fully saturated rings. The lowest BCUT2D eigenvalue weighted by molar-refractivity contribution is 0.282. The Kier molecular flexibility index (Phi) is 7.06. The Morgan fingerprint density at radius 2 is 1.33 bits per heavy atom. The molecule has 0 unspecified atom stereocenters. The average molecular weight is 360 g/mol. The fourth-order valence-electron chi connectivity index (χ4n) is 3.40. The highest BCUT2D eigenvalue weighted by molar-refractivity contribution is 5.76. The summed E-state index contributed by atoms with van der Waals surface area (Å²) in [5, 5.41) is 8.87. The minimum absolute atomic E-state index is 0.309. The summed E-state index contributed by atoms with van der Waals surface area (Å²) in [5.41, 5.74) is 6.15. The Morgan fingerprint density at radius 3 is 2.04 bits per heavy atom. The number of aliphatic hydroxyl groups is 1. The van der Waals surface area contributed by atoms with E-state index < -0.39 is 0 Å². The van der Waals surface area contributed by atoms with Crippen LogP contribution in [0, 0.1) is 6.92 Å². The van der Waals surface area contributed by atoms with E-state index >= 15 is 0 Å². The van der Waals surface area contributed by atoms with Crippen molar-refractivity contribution in [3.05, 3.63) is 90.0 Å². The highest BCUT2D eigenvalue weighted by Gasteiger charge is 2.12. The zero-order valence-corrected chi connectivity index (χ0v) is 16.1. The maximum Gasteiger partial charge on any atom is 0.0464 e. The van der Waals surface area contributed by atoms with Gasteiger partial charge in [-0.3, -0.25) is 0 Å². The molecule has 0 aliphatic rings. The summed E-state index contributed by atoms with van der Waals surface area (Å²) in [6.07, 6.45) is 5.49. The van der Waals surface area contributed by atoms with Crippen molar-refractivity contribution >= 4 is 17.1 Å². The average Bonchev–Trinajstić information content (AvgIpc) is 2.70. The number of hydrogen-bond acceptors (Lipinski definition) is 2. The van der Waals surface area contributed by atoms with Crippen molar-refractivity contribution in [3.63, 3.8) is 0 Å². The maximum absolute atomic E-state index is 8.87. The quantitative estimate of drug-likeness (QED) is 0.437. The molecule has 3 aromatic carbocycles. The lowest BCUT2D eigenvalue weighted by Crippen LogP contribution is -2.10. The lowest BCUT2D eigenvalue weighted by Gasteiger charge is -2.26. The van der Waals surface area contributed by atoms with Crippen molar-refractivity contribution in [2.24, 2.45) is 0 Å². The van der Waals surface area contributed by atoms with Crippen LogP contribution in [0.2, 0.25) is 0 Å². The van der Waals surface area contributed by atoms with Crippen LogP contribution < -0.4 is 4.90 Å². The normalized spacial score (nSPS) is 10.7. The third-order valence-electron chi connectivity index (χ3n) is 4.84. The molecule has 0 aliphatic carbocycles. The van der Waals surface area contributed by atoms with E-state index in [9.17, 15) is 0 Å². The highest BCUT2D eigenvalue weighted by atomic mass is 16.2. The van der Waals surface area contributed by atoms with Gasteiger partial charge in [-0.2, -0.15) is 0 Å². The fourth-order valence-corrected chi connectivity index (χ4v) is 3.40. The van der Waals surface area contributed by atoms with Crippen molar-refractivity contribution in [2.75, 3.05) is 11.5 Å². The molecule has 0 aromatic heterocycles. The third kappa shape index (κ3) is 5.45. The molecule has 0 heterocycles. The molecule has 3 aromatic rings. The maximum atomic E-state index is 8.87. The van der Waals surface area contributed by atoms with Crippen LogP contribution >= 0.6 is 0 Å². The van der Waals surface area contributed by atoms with Crippen LogP contribution in [0.15, 0.2) is 78.9 Å². The molecule has 0 saturated heterocycles. The van der Waals surface area contributed by atoms with Crippen molar-refractivity contribution in [3.8, 4) is 0 Å². The first-order valence-electron chi connectivity index (χ1n) is 9.89. The molecular formula is C25H29NO. The van der Waals surface area contributed by atoms with Crippen molar-refractivity contribution in [2.45, 2.75) is 39.0 Å². The van der Waals surface area contributed by atoms with Gasteiger partial charge in [0.1, 0.15) is 0 Å². The van der Waals surface area contributed by atoms with Crippen LogP contribution in [0.5, 0.6) is 0 Å². The summed E-state index contributed by atoms with van der Waals surface area (Å²) < 4.78 is 0. The monoisotopic (exact) mass is 359 g/mol. The second-order valence-corrected chi connectivity index (χ2v) is 7.06. The van der Waals surface area contributed by atoms with Crippen molar-refractivity contribution < 1.29 is 5.11 Å². The number of benzene rings is 3. The van der Waals surface area contributed by atoms with Crippen LogP contribution in [-0.2, 0) is 6.42 Å². The van der Waals surface area contributed by atoms with E-state index in [2.05, 4.69) is 90.7 Å². The third-order valence-corrected chi connectivity index (χ3v) is 4.84. The smallest absolute Gasteiger partial charge is 0.0464 e. The molecule has 0 atom stereocenters. The van der Waals surface area contributed by atoms with Crippen LogP contribution in [0.3, 0.4) is 0 Å². The predicted octanol–water partition coefficient (Wildman–Crippen LogP) is 6.56. The zero-order chi connectivity index (χ0) is 18.9. The summed E-state index contributed by atoms with van der Waals surface area (Å²) in [6.45, 7) is 2.44. The Bertz CT molecular complexity index is 811. The van der Waals surface area contributed by atoms with Gasteiger partial charge in [-0.05, 0) is 73.7 Å². The summed E-state index contributed by atoms with van der Waals surface area (Å²) >= 11 is 0. The van der Waals surface area contributed by atoms with Gasteiger partial charge in [0.25, 0.3) is 0 Å². The van der Waals surface area contributed by atoms with E-state index in [1.807, 2.05) is 0 Å². The van der Waals surface area contributed by atoms with Gasteiger partial charge in [0.05, 0.1) is 0 Å². The van der Waals surface area contributed by atoms with E-state index in [0.29, 0.717) is 6.61 Å².